The fraction of sp³-hybridized carbons (Fsp3) is 0.214. The molecular weight excluding hydrogens is 274 g/mol. The monoisotopic (exact) mass is 289 g/mol. The van der Waals surface area contributed by atoms with Crippen molar-refractivity contribution in [2.45, 2.75) is 19.5 Å². The standard InChI is InChI=1S/C14H15N3O2S/c1-10(18)16-13(12-7-8-20-17-12)14(19)15-9-11-5-3-2-4-6-11/h2-8,13H,9H2,1H3,(H,15,19)(H,16,18). The minimum absolute atomic E-state index is 0.266. The van der Waals surface area contributed by atoms with Gasteiger partial charge in [-0.05, 0) is 23.2 Å². The molecule has 2 amide bonds. The van der Waals surface area contributed by atoms with Crippen molar-refractivity contribution in [3.8, 4) is 0 Å². The molecule has 20 heavy (non-hydrogen) atoms. The maximum absolute atomic E-state index is 12.2. The summed E-state index contributed by atoms with van der Waals surface area (Å²) >= 11 is 1.25. The van der Waals surface area contributed by atoms with Crippen molar-refractivity contribution >= 4 is 23.3 Å². The van der Waals surface area contributed by atoms with E-state index in [1.807, 2.05) is 30.3 Å². The van der Waals surface area contributed by atoms with Crippen LogP contribution in [0.25, 0.3) is 0 Å². The van der Waals surface area contributed by atoms with E-state index in [1.54, 1.807) is 11.4 Å². The molecule has 2 rings (SSSR count). The lowest BCUT2D eigenvalue weighted by molar-refractivity contribution is -0.128. The minimum atomic E-state index is -0.748. The fourth-order valence-electron chi connectivity index (χ4n) is 1.73. The third-order valence-electron chi connectivity index (χ3n) is 2.67. The Morgan fingerprint density at radius 3 is 2.60 bits per heavy atom. The summed E-state index contributed by atoms with van der Waals surface area (Å²) in [6.07, 6.45) is 0. The molecule has 0 aliphatic heterocycles. The molecule has 1 aromatic carbocycles. The summed E-state index contributed by atoms with van der Waals surface area (Å²) in [6, 6.07) is 10.6. The van der Waals surface area contributed by atoms with Crippen LogP contribution >= 0.6 is 11.5 Å². The van der Waals surface area contributed by atoms with Crippen molar-refractivity contribution in [1.82, 2.24) is 15.0 Å². The van der Waals surface area contributed by atoms with Crippen LogP contribution in [0.1, 0.15) is 24.2 Å². The van der Waals surface area contributed by atoms with Gasteiger partial charge in [0.2, 0.25) is 11.8 Å². The largest absolute Gasteiger partial charge is 0.350 e. The second-order valence-electron chi connectivity index (χ2n) is 4.26. The Morgan fingerprint density at radius 1 is 1.25 bits per heavy atom. The molecular formula is C14H15N3O2S. The lowest BCUT2D eigenvalue weighted by atomic mass is 10.1. The third-order valence-corrected chi connectivity index (χ3v) is 3.25. The number of hydrogen-bond donors (Lipinski definition) is 2. The molecule has 1 aromatic heterocycles. The molecule has 0 spiro atoms. The SMILES string of the molecule is CC(=O)NC(C(=O)NCc1ccccc1)c1ccsn1. The van der Waals surface area contributed by atoms with Crippen LogP contribution in [-0.2, 0) is 16.1 Å². The van der Waals surface area contributed by atoms with Crippen molar-refractivity contribution in [2.24, 2.45) is 0 Å². The van der Waals surface area contributed by atoms with E-state index in [4.69, 9.17) is 0 Å². The molecule has 6 heteroatoms. The molecule has 1 heterocycles. The normalized spacial score (nSPS) is 11.7. The molecule has 2 aromatic rings. The van der Waals surface area contributed by atoms with E-state index in [1.165, 1.54) is 18.5 Å². The molecule has 0 saturated heterocycles. The van der Waals surface area contributed by atoms with Gasteiger partial charge in [0.05, 0.1) is 5.69 Å². The average Bonchev–Trinajstić information content (AvgIpc) is 2.97. The number of amides is 2. The van der Waals surface area contributed by atoms with Gasteiger partial charge in [0.15, 0.2) is 6.04 Å². The second kappa shape index (κ2) is 6.81. The van der Waals surface area contributed by atoms with Gasteiger partial charge in [-0.1, -0.05) is 30.3 Å². The number of carbonyl (C=O) groups is 2. The van der Waals surface area contributed by atoms with Gasteiger partial charge in [-0.2, -0.15) is 4.37 Å². The third kappa shape index (κ3) is 3.89. The van der Waals surface area contributed by atoms with E-state index in [9.17, 15) is 9.59 Å². The molecule has 0 aliphatic rings. The van der Waals surface area contributed by atoms with Gasteiger partial charge in [0.1, 0.15) is 0 Å². The van der Waals surface area contributed by atoms with Gasteiger partial charge in [-0.15, -0.1) is 0 Å². The number of rotatable bonds is 5. The van der Waals surface area contributed by atoms with Crippen LogP contribution in [0.15, 0.2) is 41.8 Å². The Morgan fingerprint density at radius 2 is 2.00 bits per heavy atom. The highest BCUT2D eigenvalue weighted by atomic mass is 32.1. The molecule has 0 fully saturated rings. The van der Waals surface area contributed by atoms with Gasteiger partial charge in [-0.25, -0.2) is 0 Å². The summed E-state index contributed by atoms with van der Waals surface area (Å²) < 4.78 is 4.11. The Bertz CT molecular complexity index is 569. The smallest absolute Gasteiger partial charge is 0.249 e. The minimum Gasteiger partial charge on any atom is -0.350 e. The van der Waals surface area contributed by atoms with Gasteiger partial charge in [0.25, 0.3) is 0 Å². The average molecular weight is 289 g/mol. The summed E-state index contributed by atoms with van der Waals surface area (Å²) in [7, 11) is 0. The Labute approximate surface area is 121 Å². The number of hydrogen-bond acceptors (Lipinski definition) is 4. The van der Waals surface area contributed by atoms with Gasteiger partial charge in [-0.3, -0.25) is 9.59 Å². The van der Waals surface area contributed by atoms with E-state index >= 15 is 0 Å². The molecule has 1 atom stereocenters. The predicted octanol–water partition coefficient (Wildman–Crippen LogP) is 1.64. The second-order valence-corrected chi connectivity index (χ2v) is 4.93. The molecule has 104 valence electrons. The first-order chi connectivity index (χ1) is 9.66. The van der Waals surface area contributed by atoms with Crippen molar-refractivity contribution in [1.29, 1.82) is 0 Å². The summed E-state index contributed by atoms with van der Waals surface area (Å²) in [4.78, 5) is 23.4. The lowest BCUT2D eigenvalue weighted by Crippen LogP contribution is -2.39. The van der Waals surface area contributed by atoms with Gasteiger partial charge < -0.3 is 10.6 Å². The van der Waals surface area contributed by atoms with E-state index in [0.29, 0.717) is 12.2 Å². The first kappa shape index (κ1) is 14.2. The number of nitrogens with zero attached hydrogens (tertiary/aromatic N) is 1. The first-order valence-electron chi connectivity index (χ1n) is 6.16. The number of carbonyl (C=O) groups excluding carboxylic acids is 2. The fourth-order valence-corrected chi connectivity index (χ4v) is 2.28. The summed E-state index contributed by atoms with van der Waals surface area (Å²) in [5.74, 6) is -0.534. The van der Waals surface area contributed by atoms with E-state index < -0.39 is 6.04 Å². The van der Waals surface area contributed by atoms with Crippen LogP contribution in [0.2, 0.25) is 0 Å². The molecule has 0 aliphatic carbocycles. The maximum Gasteiger partial charge on any atom is 0.249 e. The molecule has 1 unspecified atom stereocenters. The predicted molar refractivity (Wildman–Crippen MR) is 77.0 cm³/mol. The summed E-state index contributed by atoms with van der Waals surface area (Å²) in [5, 5.41) is 7.19. The summed E-state index contributed by atoms with van der Waals surface area (Å²) in [5.41, 5.74) is 1.55. The van der Waals surface area contributed by atoms with Crippen LogP contribution < -0.4 is 10.6 Å². The Balaban J connectivity index is 2.02. The number of nitrogens with one attached hydrogen (secondary N) is 2. The van der Waals surface area contributed by atoms with Gasteiger partial charge >= 0.3 is 0 Å². The van der Waals surface area contributed by atoms with Crippen LogP contribution in [0.4, 0.5) is 0 Å². The van der Waals surface area contributed by atoms with Crippen molar-refractivity contribution < 1.29 is 9.59 Å². The van der Waals surface area contributed by atoms with Crippen LogP contribution in [0, 0.1) is 0 Å². The zero-order valence-corrected chi connectivity index (χ0v) is 11.8. The molecule has 2 N–H and O–H groups in total. The molecule has 0 saturated carbocycles. The van der Waals surface area contributed by atoms with E-state index in [-0.39, 0.29) is 11.8 Å². The van der Waals surface area contributed by atoms with E-state index in [0.717, 1.165) is 5.56 Å². The number of aromatic nitrogens is 1. The first-order valence-corrected chi connectivity index (χ1v) is 6.99. The summed E-state index contributed by atoms with van der Waals surface area (Å²) in [6.45, 7) is 1.80. The van der Waals surface area contributed by atoms with Crippen LogP contribution in [-0.4, -0.2) is 16.2 Å². The van der Waals surface area contributed by atoms with Crippen LogP contribution in [0.3, 0.4) is 0 Å². The molecule has 5 nitrogen and oxygen atoms in total. The molecule has 0 bridgehead atoms. The van der Waals surface area contributed by atoms with Gasteiger partial charge in [0, 0.05) is 18.8 Å². The maximum atomic E-state index is 12.2. The zero-order valence-electron chi connectivity index (χ0n) is 11.0. The highest BCUT2D eigenvalue weighted by molar-refractivity contribution is 7.03. The van der Waals surface area contributed by atoms with E-state index in [2.05, 4.69) is 15.0 Å². The quantitative estimate of drug-likeness (QED) is 0.879. The zero-order chi connectivity index (χ0) is 14.4. The van der Waals surface area contributed by atoms with Crippen LogP contribution in [0.5, 0.6) is 0 Å². The highest BCUT2D eigenvalue weighted by Gasteiger charge is 2.22. The Kier molecular flexibility index (Phi) is 4.84. The highest BCUT2D eigenvalue weighted by Crippen LogP contribution is 2.13. The topological polar surface area (TPSA) is 71.1 Å². The van der Waals surface area contributed by atoms with Crippen molar-refractivity contribution in [3.63, 3.8) is 0 Å². The molecule has 0 radical (unpaired) electrons. The number of benzene rings is 1. The van der Waals surface area contributed by atoms with Crippen molar-refractivity contribution in [2.75, 3.05) is 0 Å². The Hall–Kier alpha value is -2.21. The van der Waals surface area contributed by atoms with Crippen molar-refractivity contribution in [3.05, 3.63) is 53.0 Å². The lowest BCUT2D eigenvalue weighted by Gasteiger charge is -2.15.